The van der Waals surface area contributed by atoms with Crippen LogP contribution in [0.3, 0.4) is 0 Å². The summed E-state index contributed by atoms with van der Waals surface area (Å²) in [4.78, 5) is 2.48. The first kappa shape index (κ1) is 13.9. The lowest BCUT2D eigenvalue weighted by molar-refractivity contribution is 0.290. The van der Waals surface area contributed by atoms with Gasteiger partial charge in [-0.3, -0.25) is 4.90 Å². The van der Waals surface area contributed by atoms with Crippen molar-refractivity contribution in [3.63, 3.8) is 0 Å². The number of fused-ring (bicyclic) bond motifs is 1. The Hall–Kier alpha value is -1.54. The highest BCUT2D eigenvalue weighted by molar-refractivity contribution is 5.83. The summed E-state index contributed by atoms with van der Waals surface area (Å²) in [5.74, 6) is 0. The van der Waals surface area contributed by atoms with Crippen molar-refractivity contribution in [1.82, 2.24) is 9.47 Å². The van der Waals surface area contributed by atoms with E-state index in [4.69, 9.17) is 0 Å². The van der Waals surface area contributed by atoms with Gasteiger partial charge in [0, 0.05) is 37.2 Å². The van der Waals surface area contributed by atoms with Gasteiger partial charge < -0.3 is 4.57 Å². The Morgan fingerprint density at radius 2 is 2.05 bits per heavy atom. The van der Waals surface area contributed by atoms with Gasteiger partial charge in [0.1, 0.15) is 0 Å². The number of hydrogen-bond acceptors (Lipinski definition) is 1. The minimum Gasteiger partial charge on any atom is -0.350 e. The minimum absolute atomic E-state index is 0.983. The van der Waals surface area contributed by atoms with Crippen LogP contribution >= 0.6 is 0 Å². The molecule has 1 heterocycles. The zero-order chi connectivity index (χ0) is 13.8. The standard InChI is InChI=1S/C17H24N2/c1-5-10-19(11-14(2)3)13-15-12-18(4)17-9-7-6-8-16(15)17/h6-9,12H,2,5,10-11,13H2,1,3-4H3. The summed E-state index contributed by atoms with van der Waals surface area (Å²) < 4.78 is 2.22. The number of aryl methyl sites for hydroxylation is 1. The maximum absolute atomic E-state index is 4.04. The van der Waals surface area contributed by atoms with Gasteiger partial charge in [-0.1, -0.05) is 37.3 Å². The normalized spacial score (nSPS) is 11.4. The van der Waals surface area contributed by atoms with Crippen molar-refractivity contribution in [3.05, 3.63) is 48.2 Å². The second kappa shape index (κ2) is 6.07. The minimum atomic E-state index is 0.983. The number of rotatable bonds is 6. The Kier molecular flexibility index (Phi) is 4.43. The SMILES string of the molecule is C=C(C)CN(CCC)Cc1cn(C)c2ccccc12. The number of para-hydroxylation sites is 1. The molecule has 1 aromatic carbocycles. The van der Waals surface area contributed by atoms with Gasteiger partial charge in [-0.2, -0.15) is 0 Å². The molecule has 2 rings (SSSR count). The third kappa shape index (κ3) is 3.27. The molecule has 0 radical (unpaired) electrons. The largest absolute Gasteiger partial charge is 0.350 e. The van der Waals surface area contributed by atoms with Crippen LogP contribution in [0.5, 0.6) is 0 Å². The molecule has 0 atom stereocenters. The van der Waals surface area contributed by atoms with Gasteiger partial charge in [0.25, 0.3) is 0 Å². The molecule has 0 saturated heterocycles. The van der Waals surface area contributed by atoms with Crippen LogP contribution in [-0.2, 0) is 13.6 Å². The lowest BCUT2D eigenvalue weighted by Crippen LogP contribution is -2.25. The highest BCUT2D eigenvalue weighted by Gasteiger charge is 2.10. The van der Waals surface area contributed by atoms with Crippen molar-refractivity contribution < 1.29 is 0 Å². The van der Waals surface area contributed by atoms with Crippen LogP contribution in [0.25, 0.3) is 10.9 Å². The van der Waals surface area contributed by atoms with Crippen molar-refractivity contribution in [2.45, 2.75) is 26.8 Å². The summed E-state index contributed by atoms with van der Waals surface area (Å²) >= 11 is 0. The Balaban J connectivity index is 2.25. The van der Waals surface area contributed by atoms with Crippen LogP contribution in [0, 0.1) is 0 Å². The molecule has 0 amide bonds. The van der Waals surface area contributed by atoms with E-state index in [0.29, 0.717) is 0 Å². The molecule has 0 aliphatic rings. The topological polar surface area (TPSA) is 8.17 Å². The van der Waals surface area contributed by atoms with Gasteiger partial charge in [0.2, 0.25) is 0 Å². The molecule has 0 N–H and O–H groups in total. The van der Waals surface area contributed by atoms with Gasteiger partial charge >= 0.3 is 0 Å². The second-order valence-corrected chi connectivity index (χ2v) is 5.45. The Morgan fingerprint density at radius 1 is 1.32 bits per heavy atom. The van der Waals surface area contributed by atoms with E-state index >= 15 is 0 Å². The van der Waals surface area contributed by atoms with Crippen molar-refractivity contribution >= 4 is 10.9 Å². The quantitative estimate of drug-likeness (QED) is 0.710. The molecule has 2 aromatic rings. The molecule has 0 aliphatic carbocycles. The van der Waals surface area contributed by atoms with Crippen LogP contribution < -0.4 is 0 Å². The summed E-state index contributed by atoms with van der Waals surface area (Å²) in [6, 6.07) is 8.62. The van der Waals surface area contributed by atoms with Crippen molar-refractivity contribution in [1.29, 1.82) is 0 Å². The number of nitrogens with zero attached hydrogens (tertiary/aromatic N) is 2. The van der Waals surface area contributed by atoms with E-state index in [-0.39, 0.29) is 0 Å². The highest BCUT2D eigenvalue weighted by Crippen LogP contribution is 2.22. The molecule has 2 heteroatoms. The third-order valence-corrected chi connectivity index (χ3v) is 3.41. The molecule has 0 bridgehead atoms. The average molecular weight is 256 g/mol. The molecule has 0 saturated carbocycles. The van der Waals surface area contributed by atoms with E-state index in [2.05, 4.69) is 67.4 Å². The zero-order valence-corrected chi connectivity index (χ0v) is 12.3. The van der Waals surface area contributed by atoms with Gasteiger partial charge in [0.15, 0.2) is 0 Å². The summed E-state index contributed by atoms with van der Waals surface area (Å²) in [7, 11) is 2.12. The molecular formula is C17H24N2. The molecule has 0 unspecified atom stereocenters. The fraction of sp³-hybridized carbons (Fsp3) is 0.412. The average Bonchev–Trinajstić information content (AvgIpc) is 2.67. The molecule has 0 fully saturated rings. The zero-order valence-electron chi connectivity index (χ0n) is 12.3. The predicted molar refractivity (Wildman–Crippen MR) is 83.3 cm³/mol. The summed E-state index contributed by atoms with van der Waals surface area (Å²) in [5, 5.41) is 1.37. The Bertz CT molecular complexity index is 566. The number of benzene rings is 1. The van der Waals surface area contributed by atoms with E-state index in [1.807, 2.05) is 0 Å². The van der Waals surface area contributed by atoms with Crippen molar-refractivity contribution in [2.75, 3.05) is 13.1 Å². The first-order valence-electron chi connectivity index (χ1n) is 7.01. The van der Waals surface area contributed by atoms with Crippen LogP contribution in [-0.4, -0.2) is 22.6 Å². The predicted octanol–water partition coefficient (Wildman–Crippen LogP) is 3.97. The first-order valence-corrected chi connectivity index (χ1v) is 7.01. The maximum Gasteiger partial charge on any atom is 0.0481 e. The Labute approximate surface area is 116 Å². The molecular weight excluding hydrogens is 232 g/mol. The molecule has 0 aliphatic heterocycles. The number of hydrogen-bond donors (Lipinski definition) is 0. The van der Waals surface area contributed by atoms with E-state index in [9.17, 15) is 0 Å². The molecule has 2 nitrogen and oxygen atoms in total. The van der Waals surface area contributed by atoms with Gasteiger partial charge in [-0.25, -0.2) is 0 Å². The Morgan fingerprint density at radius 3 is 2.74 bits per heavy atom. The fourth-order valence-corrected chi connectivity index (χ4v) is 2.70. The van der Waals surface area contributed by atoms with E-state index in [0.717, 1.165) is 19.6 Å². The smallest absolute Gasteiger partial charge is 0.0481 e. The first-order chi connectivity index (χ1) is 9.11. The number of aromatic nitrogens is 1. The van der Waals surface area contributed by atoms with Gasteiger partial charge in [-0.15, -0.1) is 0 Å². The lowest BCUT2D eigenvalue weighted by atomic mass is 10.1. The van der Waals surface area contributed by atoms with E-state index in [1.165, 1.54) is 28.5 Å². The molecule has 102 valence electrons. The molecule has 1 aromatic heterocycles. The van der Waals surface area contributed by atoms with E-state index in [1.54, 1.807) is 0 Å². The van der Waals surface area contributed by atoms with Crippen molar-refractivity contribution in [3.8, 4) is 0 Å². The van der Waals surface area contributed by atoms with Crippen LogP contribution in [0.4, 0.5) is 0 Å². The van der Waals surface area contributed by atoms with Crippen LogP contribution in [0.15, 0.2) is 42.6 Å². The van der Waals surface area contributed by atoms with Crippen LogP contribution in [0.2, 0.25) is 0 Å². The summed E-state index contributed by atoms with van der Waals surface area (Å²) in [6.07, 6.45) is 3.43. The molecule has 0 spiro atoms. The summed E-state index contributed by atoms with van der Waals surface area (Å²) in [6.45, 7) is 11.5. The van der Waals surface area contributed by atoms with Gasteiger partial charge in [0.05, 0.1) is 0 Å². The van der Waals surface area contributed by atoms with Crippen molar-refractivity contribution in [2.24, 2.45) is 7.05 Å². The lowest BCUT2D eigenvalue weighted by Gasteiger charge is -2.21. The fourth-order valence-electron chi connectivity index (χ4n) is 2.70. The maximum atomic E-state index is 4.04. The highest BCUT2D eigenvalue weighted by atomic mass is 15.1. The second-order valence-electron chi connectivity index (χ2n) is 5.45. The monoisotopic (exact) mass is 256 g/mol. The van der Waals surface area contributed by atoms with Gasteiger partial charge in [-0.05, 0) is 31.5 Å². The summed E-state index contributed by atoms with van der Waals surface area (Å²) in [5.41, 5.74) is 3.95. The van der Waals surface area contributed by atoms with Crippen LogP contribution in [0.1, 0.15) is 25.8 Å². The molecule has 19 heavy (non-hydrogen) atoms. The van der Waals surface area contributed by atoms with E-state index < -0.39 is 0 Å². The third-order valence-electron chi connectivity index (χ3n) is 3.41.